The van der Waals surface area contributed by atoms with E-state index in [-0.39, 0.29) is 24.4 Å². The molecule has 1 aliphatic carbocycles. The minimum atomic E-state index is -0.0720. The Morgan fingerprint density at radius 1 is 1.36 bits per heavy atom. The van der Waals surface area contributed by atoms with Gasteiger partial charge in [-0.25, -0.2) is 4.52 Å². The highest BCUT2D eigenvalue weighted by Crippen LogP contribution is 2.26. The maximum absolute atomic E-state index is 12.5. The number of rotatable bonds is 4. The number of carbonyl (C=O) groups is 1. The molecule has 6 heteroatoms. The highest BCUT2D eigenvalue weighted by Gasteiger charge is 2.25. The molecule has 0 aromatic carbocycles. The third-order valence-electron chi connectivity index (χ3n) is 4.46. The van der Waals surface area contributed by atoms with Crippen LogP contribution in [0.2, 0.25) is 0 Å². The number of amides is 1. The number of pyridine rings is 1. The van der Waals surface area contributed by atoms with Crippen LogP contribution in [0.1, 0.15) is 42.5 Å². The van der Waals surface area contributed by atoms with Crippen LogP contribution >= 0.6 is 12.4 Å². The summed E-state index contributed by atoms with van der Waals surface area (Å²) in [5.74, 6) is 0.437. The quantitative estimate of drug-likeness (QED) is 0.907. The molecule has 1 aliphatic rings. The molecule has 1 amide bonds. The van der Waals surface area contributed by atoms with E-state index in [1.165, 1.54) is 19.3 Å². The number of hydrogen-bond donors (Lipinski definition) is 2. The summed E-state index contributed by atoms with van der Waals surface area (Å²) in [7, 11) is 0. The molecule has 0 bridgehead atoms. The summed E-state index contributed by atoms with van der Waals surface area (Å²) in [6, 6.07) is 5.78. The van der Waals surface area contributed by atoms with E-state index in [9.17, 15) is 4.79 Å². The van der Waals surface area contributed by atoms with Crippen LogP contribution in [0.3, 0.4) is 0 Å². The lowest BCUT2D eigenvalue weighted by Gasteiger charge is -2.30. The topological polar surface area (TPSA) is 72.4 Å². The van der Waals surface area contributed by atoms with Crippen LogP contribution in [0.5, 0.6) is 0 Å². The third-order valence-corrected chi connectivity index (χ3v) is 4.46. The Morgan fingerprint density at radius 3 is 2.86 bits per heavy atom. The van der Waals surface area contributed by atoms with E-state index < -0.39 is 0 Å². The van der Waals surface area contributed by atoms with Gasteiger partial charge in [0.05, 0.1) is 17.3 Å². The van der Waals surface area contributed by atoms with Crippen molar-refractivity contribution >= 4 is 23.8 Å². The van der Waals surface area contributed by atoms with Crippen molar-refractivity contribution < 1.29 is 4.79 Å². The number of nitrogens with one attached hydrogen (secondary N) is 1. The van der Waals surface area contributed by atoms with Crippen LogP contribution in [0, 0.1) is 5.92 Å². The minimum absolute atomic E-state index is 0. The van der Waals surface area contributed by atoms with Crippen LogP contribution in [0.15, 0.2) is 30.6 Å². The first kappa shape index (κ1) is 16.8. The molecule has 0 saturated heterocycles. The van der Waals surface area contributed by atoms with Gasteiger partial charge in [0.1, 0.15) is 0 Å². The second kappa shape index (κ2) is 7.61. The molecule has 5 nitrogen and oxygen atoms in total. The molecule has 2 aromatic heterocycles. The fraction of sp³-hybridized carbons (Fsp3) is 0.500. The lowest BCUT2D eigenvalue weighted by atomic mass is 9.84. The zero-order valence-electron chi connectivity index (χ0n) is 12.6. The Kier molecular flexibility index (Phi) is 5.80. The average Bonchev–Trinajstić information content (AvgIpc) is 2.97. The number of nitrogens with two attached hydrogens (primary N) is 1. The van der Waals surface area contributed by atoms with Crippen molar-refractivity contribution in [3.63, 3.8) is 0 Å². The molecule has 0 aliphatic heterocycles. The molecule has 1 atom stereocenters. The maximum atomic E-state index is 12.5. The molecule has 3 rings (SSSR count). The van der Waals surface area contributed by atoms with Crippen molar-refractivity contribution in [2.75, 3.05) is 6.54 Å². The fourth-order valence-corrected chi connectivity index (χ4v) is 3.26. The number of aromatic nitrogens is 2. The summed E-state index contributed by atoms with van der Waals surface area (Å²) in [5.41, 5.74) is 7.33. The van der Waals surface area contributed by atoms with Crippen LogP contribution < -0.4 is 11.1 Å². The van der Waals surface area contributed by atoms with Crippen molar-refractivity contribution in [3.05, 3.63) is 36.2 Å². The molecular weight excluding hydrogens is 300 g/mol. The normalized spacial score (nSPS) is 17.0. The van der Waals surface area contributed by atoms with Gasteiger partial charge in [-0.3, -0.25) is 4.79 Å². The predicted molar refractivity (Wildman–Crippen MR) is 89.3 cm³/mol. The molecule has 120 valence electrons. The number of hydrogen-bond acceptors (Lipinski definition) is 3. The molecule has 2 heterocycles. The first-order chi connectivity index (χ1) is 10.3. The first-order valence-corrected chi connectivity index (χ1v) is 7.73. The van der Waals surface area contributed by atoms with Gasteiger partial charge in [0.15, 0.2) is 0 Å². The Hall–Kier alpha value is -1.59. The van der Waals surface area contributed by atoms with Gasteiger partial charge in [0, 0.05) is 18.8 Å². The Balaban J connectivity index is 0.00000176. The van der Waals surface area contributed by atoms with Crippen LogP contribution in [-0.4, -0.2) is 28.1 Å². The minimum Gasteiger partial charge on any atom is -0.348 e. The Bertz CT molecular complexity index is 621. The number of halogens is 1. The average molecular weight is 323 g/mol. The second-order valence-electron chi connectivity index (χ2n) is 5.80. The summed E-state index contributed by atoms with van der Waals surface area (Å²) in [5, 5.41) is 7.32. The van der Waals surface area contributed by atoms with Crippen LogP contribution in [0.4, 0.5) is 0 Å². The molecule has 22 heavy (non-hydrogen) atoms. The second-order valence-corrected chi connectivity index (χ2v) is 5.80. The molecule has 1 unspecified atom stereocenters. The fourth-order valence-electron chi connectivity index (χ4n) is 3.26. The molecule has 2 aromatic rings. The summed E-state index contributed by atoms with van der Waals surface area (Å²) in [6.45, 7) is 0.496. The van der Waals surface area contributed by atoms with E-state index in [0.29, 0.717) is 18.0 Å². The van der Waals surface area contributed by atoms with Crippen LogP contribution in [0.25, 0.3) is 5.52 Å². The van der Waals surface area contributed by atoms with E-state index in [1.807, 2.05) is 24.4 Å². The summed E-state index contributed by atoms with van der Waals surface area (Å²) in [6.07, 6.45) is 9.58. The highest BCUT2D eigenvalue weighted by molar-refractivity contribution is 6.00. The third kappa shape index (κ3) is 3.42. The standard InChI is InChI=1S/C16H22N4O.ClH/c17-10-14(12-6-2-1-3-7-12)19-16(21)13-11-18-20-9-5-4-8-15(13)20;/h4-5,8-9,11-12,14H,1-3,6-7,10,17H2,(H,19,21);1H. The van der Waals surface area contributed by atoms with Crippen molar-refractivity contribution in [2.45, 2.75) is 38.1 Å². The SMILES string of the molecule is Cl.NCC(NC(=O)c1cnn2ccccc12)C1CCCCC1. The Labute approximate surface area is 136 Å². The van der Waals surface area contributed by atoms with E-state index >= 15 is 0 Å². The molecular formula is C16H23ClN4O. The highest BCUT2D eigenvalue weighted by atomic mass is 35.5. The van der Waals surface area contributed by atoms with Gasteiger partial charge >= 0.3 is 0 Å². The smallest absolute Gasteiger partial charge is 0.255 e. The zero-order valence-corrected chi connectivity index (χ0v) is 13.4. The van der Waals surface area contributed by atoms with Gasteiger partial charge in [-0.05, 0) is 30.9 Å². The molecule has 3 N–H and O–H groups in total. The van der Waals surface area contributed by atoms with Crippen molar-refractivity contribution in [1.29, 1.82) is 0 Å². The number of carbonyl (C=O) groups excluding carboxylic acids is 1. The number of fused-ring (bicyclic) bond motifs is 1. The monoisotopic (exact) mass is 322 g/mol. The number of nitrogens with zero attached hydrogens (tertiary/aromatic N) is 2. The Morgan fingerprint density at radius 2 is 2.14 bits per heavy atom. The molecule has 0 radical (unpaired) electrons. The molecule has 1 saturated carbocycles. The summed E-state index contributed by atoms with van der Waals surface area (Å²) < 4.78 is 1.72. The van der Waals surface area contributed by atoms with Gasteiger partial charge in [-0.2, -0.15) is 5.10 Å². The lowest BCUT2D eigenvalue weighted by Crippen LogP contribution is -2.45. The van der Waals surface area contributed by atoms with E-state index in [1.54, 1.807) is 10.7 Å². The van der Waals surface area contributed by atoms with Crippen LogP contribution in [-0.2, 0) is 0 Å². The van der Waals surface area contributed by atoms with Gasteiger partial charge in [0.2, 0.25) is 0 Å². The van der Waals surface area contributed by atoms with E-state index in [4.69, 9.17) is 5.73 Å². The predicted octanol–water partition coefficient (Wildman–Crippen LogP) is 2.39. The van der Waals surface area contributed by atoms with Gasteiger partial charge in [-0.15, -0.1) is 12.4 Å². The molecule has 0 spiro atoms. The first-order valence-electron chi connectivity index (χ1n) is 7.73. The summed E-state index contributed by atoms with van der Waals surface area (Å²) in [4.78, 5) is 12.5. The maximum Gasteiger partial charge on any atom is 0.255 e. The van der Waals surface area contributed by atoms with Crippen molar-refractivity contribution in [3.8, 4) is 0 Å². The van der Waals surface area contributed by atoms with Crippen molar-refractivity contribution in [2.24, 2.45) is 11.7 Å². The van der Waals surface area contributed by atoms with Gasteiger partial charge in [-0.1, -0.05) is 25.3 Å². The summed E-state index contributed by atoms with van der Waals surface area (Å²) >= 11 is 0. The van der Waals surface area contributed by atoms with E-state index in [0.717, 1.165) is 18.4 Å². The largest absolute Gasteiger partial charge is 0.348 e. The van der Waals surface area contributed by atoms with E-state index in [2.05, 4.69) is 10.4 Å². The van der Waals surface area contributed by atoms with Gasteiger partial charge < -0.3 is 11.1 Å². The zero-order chi connectivity index (χ0) is 14.7. The van der Waals surface area contributed by atoms with Crippen molar-refractivity contribution in [1.82, 2.24) is 14.9 Å². The van der Waals surface area contributed by atoms with Gasteiger partial charge in [0.25, 0.3) is 5.91 Å². The molecule has 1 fully saturated rings. The lowest BCUT2D eigenvalue weighted by molar-refractivity contribution is 0.0917.